The second kappa shape index (κ2) is 13.9. The second-order valence-corrected chi connectivity index (χ2v) is 9.78. The van der Waals surface area contributed by atoms with Crippen molar-refractivity contribution >= 4 is 23.8 Å². The Balaban J connectivity index is 0.000000211. The van der Waals surface area contributed by atoms with Gasteiger partial charge in [-0.15, -0.1) is 0 Å². The van der Waals surface area contributed by atoms with E-state index in [-0.39, 0.29) is 0 Å². The maximum Gasteiger partial charge on any atom is 0.110 e. The normalized spacial score (nSPS) is 11.0. The van der Waals surface area contributed by atoms with E-state index in [1.165, 1.54) is 27.8 Å². The molecule has 0 saturated heterocycles. The fourth-order valence-electron chi connectivity index (χ4n) is 4.18. The largest absolute Gasteiger partial charge is 0.346 e. The highest BCUT2D eigenvalue weighted by atomic mass is 79.9. The number of hydrogen-bond acceptors (Lipinski definition) is 1. The molecule has 0 bridgehead atoms. The Hall–Kier alpha value is -2.85. The van der Waals surface area contributed by atoms with Crippen LogP contribution in [0.3, 0.4) is 0 Å². The number of aromatic amines is 1. The van der Waals surface area contributed by atoms with Gasteiger partial charge >= 0.3 is 0 Å². The number of aryl methyl sites for hydroxylation is 3. The van der Waals surface area contributed by atoms with Crippen LogP contribution in [0.1, 0.15) is 58.1 Å². The summed E-state index contributed by atoms with van der Waals surface area (Å²) in [7, 11) is 5.56. The monoisotopic (exact) mass is 524 g/mol. The number of nitrogens with zero attached hydrogens (tertiary/aromatic N) is 1. The van der Waals surface area contributed by atoms with Gasteiger partial charge in [-0.1, -0.05) is 95.1 Å². The van der Waals surface area contributed by atoms with Gasteiger partial charge in [-0.2, -0.15) is 0 Å². The highest BCUT2D eigenvalue weighted by molar-refractivity contribution is 9.10. The van der Waals surface area contributed by atoms with Gasteiger partial charge in [-0.05, 0) is 73.6 Å². The van der Waals surface area contributed by atoms with Gasteiger partial charge in [0.2, 0.25) is 0 Å². The highest BCUT2D eigenvalue weighted by Gasteiger charge is 2.16. The summed E-state index contributed by atoms with van der Waals surface area (Å²) in [6, 6.07) is 25.7. The molecular weight excluding hydrogens is 491 g/mol. The number of nitrogens with one attached hydrogen (secondary N) is 1. The van der Waals surface area contributed by atoms with Crippen molar-refractivity contribution in [2.75, 3.05) is 0 Å². The Bertz CT molecular complexity index is 1170. The second-order valence-electron chi connectivity index (χ2n) is 8.87. The number of hydrogen-bond donors (Lipinski definition) is 1. The molecule has 3 aromatic carbocycles. The van der Waals surface area contributed by atoms with Crippen LogP contribution in [0.2, 0.25) is 6.32 Å². The molecule has 0 aliphatic heterocycles. The zero-order chi connectivity index (χ0) is 25.0. The van der Waals surface area contributed by atoms with E-state index < -0.39 is 0 Å². The summed E-state index contributed by atoms with van der Waals surface area (Å²) in [5.41, 5.74) is 7.93. The molecule has 1 heterocycles. The number of rotatable bonds is 8. The minimum Gasteiger partial charge on any atom is -0.346 e. The van der Waals surface area contributed by atoms with Gasteiger partial charge in [0.15, 0.2) is 0 Å². The first-order valence-electron chi connectivity index (χ1n) is 12.2. The molecule has 1 N–H and O–H groups in total. The van der Waals surface area contributed by atoms with Crippen LogP contribution in [-0.2, 0) is 6.42 Å². The number of H-pyrrole nitrogens is 1. The average Bonchev–Trinajstić information content (AvgIpc) is 3.27. The maximum atomic E-state index is 5.56. The Labute approximate surface area is 220 Å². The maximum absolute atomic E-state index is 5.56. The van der Waals surface area contributed by atoms with Crippen molar-refractivity contribution in [1.29, 1.82) is 0 Å². The molecule has 0 saturated carbocycles. The third kappa shape index (κ3) is 8.40. The van der Waals surface area contributed by atoms with Gasteiger partial charge < -0.3 is 4.98 Å². The van der Waals surface area contributed by atoms with Gasteiger partial charge in [0, 0.05) is 28.7 Å². The lowest BCUT2D eigenvalue weighted by Crippen LogP contribution is -2.04. The summed E-state index contributed by atoms with van der Waals surface area (Å²) in [6.45, 7) is 6.41. The Kier molecular flexibility index (Phi) is 10.6. The molecule has 0 aliphatic carbocycles. The Morgan fingerprint density at radius 1 is 0.857 bits per heavy atom. The van der Waals surface area contributed by atoms with E-state index in [2.05, 4.69) is 113 Å². The molecule has 0 atom stereocenters. The van der Waals surface area contributed by atoms with Crippen LogP contribution in [0.5, 0.6) is 0 Å². The molecule has 35 heavy (non-hydrogen) atoms. The van der Waals surface area contributed by atoms with Gasteiger partial charge in [0.25, 0.3) is 0 Å². The van der Waals surface area contributed by atoms with E-state index in [9.17, 15) is 0 Å². The molecule has 0 unspecified atom stereocenters. The first kappa shape index (κ1) is 26.8. The third-order valence-electron chi connectivity index (χ3n) is 6.04. The number of imidazole rings is 1. The lowest BCUT2D eigenvalue weighted by Gasteiger charge is -2.20. The molecule has 0 fully saturated rings. The van der Waals surface area contributed by atoms with Crippen LogP contribution in [0.15, 0.2) is 95.6 Å². The lowest BCUT2D eigenvalue weighted by atomic mass is 9.84. The summed E-state index contributed by atoms with van der Waals surface area (Å²) in [5, 5.41) is 0. The summed E-state index contributed by atoms with van der Waals surface area (Å²) in [6.07, 6.45) is 9.88. The lowest BCUT2D eigenvalue weighted by molar-refractivity contribution is 0.811. The average molecular weight is 525 g/mol. The van der Waals surface area contributed by atoms with Crippen molar-refractivity contribution in [3.05, 3.63) is 135 Å². The van der Waals surface area contributed by atoms with Gasteiger partial charge in [-0.3, -0.25) is 0 Å². The van der Waals surface area contributed by atoms with E-state index in [4.69, 9.17) is 7.85 Å². The van der Waals surface area contributed by atoms with Gasteiger partial charge in [-0.25, -0.2) is 4.98 Å². The molecule has 2 nitrogen and oxygen atoms in total. The van der Waals surface area contributed by atoms with Crippen LogP contribution >= 0.6 is 15.9 Å². The molecular formula is C31H34BBrN2. The number of benzene rings is 3. The molecule has 4 rings (SSSR count). The smallest absolute Gasteiger partial charge is 0.110 e. The first-order chi connectivity index (χ1) is 17.0. The number of allylic oxidation sites excluding steroid dienone is 2. The SMILES string of the molecule is Cc1cnc(Cc2ccc(Br)cc2)[nH]1.[B]CCC=CCC(c1ccccc1C)c1ccccc1C. The molecule has 2 radical (unpaired) electrons. The predicted molar refractivity (Wildman–Crippen MR) is 153 cm³/mol. The fourth-order valence-corrected chi connectivity index (χ4v) is 4.44. The standard InChI is InChI=1S/C20H23B.C11H11BrN2/c1-16-10-5-7-12-18(16)20(14-4-3-9-15-21)19-13-8-6-11-17(19)2;1-8-7-13-11(14-8)6-9-2-4-10(12)5-3-9/h3-8,10-13,20H,9,14-15H2,1-2H3;2-5,7H,6H2,1H3,(H,13,14). The highest BCUT2D eigenvalue weighted by Crippen LogP contribution is 2.32. The quantitative estimate of drug-likeness (QED) is 0.182. The minimum atomic E-state index is 0.418. The Morgan fingerprint density at radius 2 is 1.46 bits per heavy atom. The zero-order valence-electron chi connectivity index (χ0n) is 21.0. The predicted octanol–water partition coefficient (Wildman–Crippen LogP) is 8.43. The summed E-state index contributed by atoms with van der Waals surface area (Å²) < 4.78 is 1.11. The van der Waals surface area contributed by atoms with E-state index >= 15 is 0 Å². The van der Waals surface area contributed by atoms with Gasteiger partial charge in [0.05, 0.1) is 7.85 Å². The van der Waals surface area contributed by atoms with Crippen molar-refractivity contribution in [3.63, 3.8) is 0 Å². The van der Waals surface area contributed by atoms with Crippen molar-refractivity contribution in [3.8, 4) is 0 Å². The summed E-state index contributed by atoms with van der Waals surface area (Å²) in [4.78, 5) is 7.48. The van der Waals surface area contributed by atoms with Crippen LogP contribution in [0.25, 0.3) is 0 Å². The van der Waals surface area contributed by atoms with E-state index in [0.717, 1.165) is 41.6 Å². The summed E-state index contributed by atoms with van der Waals surface area (Å²) >= 11 is 3.41. The molecule has 178 valence electrons. The van der Waals surface area contributed by atoms with Crippen LogP contribution < -0.4 is 0 Å². The summed E-state index contributed by atoms with van der Waals surface area (Å²) in [5.74, 6) is 1.44. The van der Waals surface area contributed by atoms with Crippen molar-refractivity contribution in [2.45, 2.75) is 52.3 Å². The Morgan fingerprint density at radius 3 is 1.97 bits per heavy atom. The molecule has 0 amide bonds. The number of aromatic nitrogens is 2. The molecule has 4 aromatic rings. The first-order valence-corrected chi connectivity index (χ1v) is 13.0. The van der Waals surface area contributed by atoms with Crippen molar-refractivity contribution in [2.24, 2.45) is 0 Å². The number of halogens is 1. The van der Waals surface area contributed by atoms with E-state index in [1.807, 2.05) is 25.3 Å². The van der Waals surface area contributed by atoms with E-state index in [0.29, 0.717) is 5.92 Å². The van der Waals surface area contributed by atoms with E-state index in [1.54, 1.807) is 0 Å². The molecule has 0 spiro atoms. The minimum absolute atomic E-state index is 0.418. The molecule has 0 aliphatic rings. The van der Waals surface area contributed by atoms with Crippen LogP contribution in [0, 0.1) is 20.8 Å². The molecule has 1 aromatic heterocycles. The van der Waals surface area contributed by atoms with Crippen molar-refractivity contribution in [1.82, 2.24) is 9.97 Å². The van der Waals surface area contributed by atoms with Crippen molar-refractivity contribution < 1.29 is 0 Å². The van der Waals surface area contributed by atoms with Crippen LogP contribution in [0.4, 0.5) is 0 Å². The van der Waals surface area contributed by atoms with Crippen LogP contribution in [-0.4, -0.2) is 17.8 Å². The fraction of sp³-hybridized carbons (Fsp3) is 0.258. The molecule has 4 heteroatoms. The van der Waals surface area contributed by atoms with Gasteiger partial charge in [0.1, 0.15) is 5.82 Å². The zero-order valence-corrected chi connectivity index (χ0v) is 22.6. The topological polar surface area (TPSA) is 28.7 Å². The third-order valence-corrected chi connectivity index (χ3v) is 6.57.